The average molecular weight is 305 g/mol. The van der Waals surface area contributed by atoms with Gasteiger partial charge in [-0.1, -0.05) is 18.2 Å². The standard InChI is InChI=1S/C11H15NO5S2/c1-12(10-7-18(14,15)8-11(10)13)19(16,17)9-5-3-2-4-6-9/h2-6,10-11,13H,7-8H2,1H3/t10-,11+/m0/s1. The van der Waals surface area contributed by atoms with Gasteiger partial charge in [0.15, 0.2) is 9.84 Å². The highest BCUT2D eigenvalue weighted by molar-refractivity contribution is 7.92. The van der Waals surface area contributed by atoms with Crippen molar-refractivity contribution in [1.29, 1.82) is 0 Å². The van der Waals surface area contributed by atoms with Gasteiger partial charge in [-0.2, -0.15) is 4.31 Å². The lowest BCUT2D eigenvalue weighted by Gasteiger charge is -2.25. The molecule has 8 heteroatoms. The number of likely N-dealkylation sites (N-methyl/N-ethyl adjacent to an activating group) is 1. The van der Waals surface area contributed by atoms with Crippen molar-refractivity contribution in [2.75, 3.05) is 18.6 Å². The molecule has 1 aliphatic heterocycles. The summed E-state index contributed by atoms with van der Waals surface area (Å²) in [7, 11) is -5.90. The van der Waals surface area contributed by atoms with Crippen molar-refractivity contribution in [3.63, 3.8) is 0 Å². The molecule has 1 N–H and O–H groups in total. The molecular weight excluding hydrogens is 290 g/mol. The number of sulfone groups is 1. The van der Waals surface area contributed by atoms with E-state index >= 15 is 0 Å². The molecule has 2 rings (SSSR count). The number of nitrogens with zero attached hydrogens (tertiary/aromatic N) is 1. The van der Waals surface area contributed by atoms with E-state index in [1.165, 1.54) is 19.2 Å². The lowest BCUT2D eigenvalue weighted by atomic mass is 10.2. The van der Waals surface area contributed by atoms with Crippen molar-refractivity contribution in [3.05, 3.63) is 30.3 Å². The molecule has 0 aliphatic carbocycles. The van der Waals surface area contributed by atoms with Crippen LogP contribution in [-0.2, 0) is 19.9 Å². The van der Waals surface area contributed by atoms with Crippen LogP contribution in [-0.4, -0.2) is 56.9 Å². The first-order valence-electron chi connectivity index (χ1n) is 5.65. The van der Waals surface area contributed by atoms with Gasteiger partial charge in [-0.05, 0) is 12.1 Å². The van der Waals surface area contributed by atoms with E-state index in [9.17, 15) is 21.9 Å². The van der Waals surface area contributed by atoms with Crippen molar-refractivity contribution in [3.8, 4) is 0 Å². The smallest absolute Gasteiger partial charge is 0.243 e. The molecular formula is C11H15NO5S2. The van der Waals surface area contributed by atoms with Crippen molar-refractivity contribution >= 4 is 19.9 Å². The molecule has 1 fully saturated rings. The quantitative estimate of drug-likeness (QED) is 0.810. The molecule has 0 aromatic heterocycles. The molecule has 106 valence electrons. The largest absolute Gasteiger partial charge is 0.390 e. The van der Waals surface area contributed by atoms with Crippen LogP contribution < -0.4 is 0 Å². The Morgan fingerprint density at radius 2 is 1.79 bits per heavy atom. The second-order valence-corrected chi connectivity index (χ2v) is 8.70. The molecule has 0 bridgehead atoms. The zero-order chi connectivity index (χ0) is 14.3. The molecule has 0 unspecified atom stereocenters. The first-order chi connectivity index (χ1) is 8.74. The van der Waals surface area contributed by atoms with Crippen molar-refractivity contribution in [2.24, 2.45) is 0 Å². The normalized spacial score (nSPS) is 26.7. The second kappa shape index (κ2) is 4.86. The van der Waals surface area contributed by atoms with Gasteiger partial charge in [0.25, 0.3) is 0 Å². The Hall–Kier alpha value is -0.960. The van der Waals surface area contributed by atoms with Crippen LogP contribution in [0.1, 0.15) is 0 Å². The van der Waals surface area contributed by atoms with Crippen LogP contribution >= 0.6 is 0 Å². The van der Waals surface area contributed by atoms with Gasteiger partial charge in [0, 0.05) is 7.05 Å². The lowest BCUT2D eigenvalue weighted by molar-refractivity contribution is 0.137. The fraction of sp³-hybridized carbons (Fsp3) is 0.455. The van der Waals surface area contributed by atoms with Gasteiger partial charge in [0.2, 0.25) is 10.0 Å². The number of aliphatic hydroxyl groups excluding tert-OH is 1. The summed E-state index contributed by atoms with van der Waals surface area (Å²) in [5.41, 5.74) is 0. The Morgan fingerprint density at radius 1 is 1.21 bits per heavy atom. The molecule has 19 heavy (non-hydrogen) atoms. The SMILES string of the molecule is CN([C@H]1CS(=O)(=O)C[C@H]1O)S(=O)(=O)c1ccccc1. The number of hydrogen-bond acceptors (Lipinski definition) is 5. The number of aliphatic hydroxyl groups is 1. The van der Waals surface area contributed by atoms with E-state index in [0.717, 1.165) is 4.31 Å². The minimum atomic E-state index is -3.80. The van der Waals surface area contributed by atoms with Gasteiger partial charge in [-0.3, -0.25) is 0 Å². The van der Waals surface area contributed by atoms with Gasteiger partial charge < -0.3 is 5.11 Å². The molecule has 1 aromatic rings. The predicted octanol–water partition coefficient (Wildman–Crippen LogP) is -0.535. The Labute approximate surface area is 112 Å². The minimum Gasteiger partial charge on any atom is -0.390 e. The van der Waals surface area contributed by atoms with Crippen LogP contribution in [0.2, 0.25) is 0 Å². The van der Waals surface area contributed by atoms with Crippen LogP contribution in [0.25, 0.3) is 0 Å². The van der Waals surface area contributed by atoms with E-state index in [2.05, 4.69) is 0 Å². The van der Waals surface area contributed by atoms with E-state index in [4.69, 9.17) is 0 Å². The number of hydrogen-bond donors (Lipinski definition) is 1. The Bertz CT molecular complexity index is 654. The monoisotopic (exact) mass is 305 g/mol. The number of benzene rings is 1. The van der Waals surface area contributed by atoms with Gasteiger partial charge in [0.1, 0.15) is 0 Å². The third kappa shape index (κ3) is 2.81. The molecule has 2 atom stereocenters. The summed E-state index contributed by atoms with van der Waals surface area (Å²) >= 11 is 0. The molecule has 0 saturated carbocycles. The summed E-state index contributed by atoms with van der Waals surface area (Å²) in [6.45, 7) is 0. The maximum Gasteiger partial charge on any atom is 0.243 e. The molecule has 1 aliphatic rings. The summed E-state index contributed by atoms with van der Waals surface area (Å²) in [5.74, 6) is -0.747. The van der Waals surface area contributed by atoms with Crippen molar-refractivity contribution < 1.29 is 21.9 Å². The van der Waals surface area contributed by atoms with E-state index in [1.807, 2.05) is 0 Å². The first kappa shape index (κ1) is 14.4. The Morgan fingerprint density at radius 3 is 2.26 bits per heavy atom. The molecule has 0 radical (unpaired) electrons. The molecule has 0 amide bonds. The summed E-state index contributed by atoms with van der Waals surface area (Å²) in [4.78, 5) is 0.0778. The second-order valence-electron chi connectivity index (χ2n) is 4.55. The molecule has 1 aromatic carbocycles. The van der Waals surface area contributed by atoms with E-state index in [1.54, 1.807) is 18.2 Å². The van der Waals surface area contributed by atoms with E-state index in [0.29, 0.717) is 0 Å². The van der Waals surface area contributed by atoms with E-state index in [-0.39, 0.29) is 10.6 Å². The molecule has 6 nitrogen and oxygen atoms in total. The van der Waals surface area contributed by atoms with Crippen LogP contribution in [0, 0.1) is 0 Å². The number of rotatable bonds is 3. The maximum atomic E-state index is 12.3. The lowest BCUT2D eigenvalue weighted by Crippen LogP contribution is -2.44. The zero-order valence-electron chi connectivity index (χ0n) is 10.3. The molecule has 1 heterocycles. The third-order valence-corrected chi connectivity index (χ3v) is 6.78. The highest BCUT2D eigenvalue weighted by atomic mass is 32.2. The van der Waals surface area contributed by atoms with Gasteiger partial charge in [-0.15, -0.1) is 0 Å². The van der Waals surface area contributed by atoms with Crippen LogP contribution in [0.3, 0.4) is 0 Å². The summed E-state index contributed by atoms with van der Waals surface area (Å²) in [5, 5.41) is 9.72. The number of sulfonamides is 1. The molecule has 1 saturated heterocycles. The van der Waals surface area contributed by atoms with Crippen LogP contribution in [0.4, 0.5) is 0 Å². The van der Waals surface area contributed by atoms with Gasteiger partial charge in [-0.25, -0.2) is 16.8 Å². The van der Waals surface area contributed by atoms with Crippen LogP contribution in [0.15, 0.2) is 35.2 Å². The fourth-order valence-corrected chi connectivity index (χ4v) is 5.44. The summed E-state index contributed by atoms with van der Waals surface area (Å²) in [6.07, 6.45) is -1.19. The van der Waals surface area contributed by atoms with Crippen molar-refractivity contribution in [1.82, 2.24) is 4.31 Å². The fourth-order valence-electron chi connectivity index (χ4n) is 2.09. The average Bonchev–Trinajstić information content (AvgIpc) is 2.63. The predicted molar refractivity (Wildman–Crippen MR) is 69.8 cm³/mol. The Balaban J connectivity index is 2.33. The first-order valence-corrected chi connectivity index (χ1v) is 8.92. The summed E-state index contributed by atoms with van der Waals surface area (Å²) in [6, 6.07) is 6.79. The zero-order valence-corrected chi connectivity index (χ0v) is 11.9. The Kier molecular flexibility index (Phi) is 3.69. The molecule has 0 spiro atoms. The van der Waals surface area contributed by atoms with Crippen LogP contribution in [0.5, 0.6) is 0 Å². The van der Waals surface area contributed by atoms with Crippen molar-refractivity contribution in [2.45, 2.75) is 17.0 Å². The highest BCUT2D eigenvalue weighted by Gasteiger charge is 2.42. The third-order valence-electron chi connectivity index (χ3n) is 3.18. The highest BCUT2D eigenvalue weighted by Crippen LogP contribution is 2.23. The minimum absolute atomic E-state index is 0.0778. The van der Waals surface area contributed by atoms with Gasteiger partial charge in [0.05, 0.1) is 28.5 Å². The van der Waals surface area contributed by atoms with E-state index < -0.39 is 37.8 Å². The summed E-state index contributed by atoms with van der Waals surface area (Å²) < 4.78 is 48.4. The topological polar surface area (TPSA) is 91.8 Å². The van der Waals surface area contributed by atoms with Gasteiger partial charge >= 0.3 is 0 Å². The maximum absolute atomic E-state index is 12.3.